The predicted octanol–water partition coefficient (Wildman–Crippen LogP) is 1.30. The summed E-state index contributed by atoms with van der Waals surface area (Å²) in [6.45, 7) is 6.11. The van der Waals surface area contributed by atoms with E-state index in [-0.39, 0.29) is 6.17 Å². The van der Waals surface area contributed by atoms with Gasteiger partial charge in [-0.1, -0.05) is 0 Å². The quantitative estimate of drug-likeness (QED) is 0.517. The fourth-order valence-electron chi connectivity index (χ4n) is 1.06. The maximum atomic E-state index is 4.26. The van der Waals surface area contributed by atoms with Gasteiger partial charge in [0.15, 0.2) is 0 Å². The summed E-state index contributed by atoms with van der Waals surface area (Å²) in [6, 6.07) is 0. The zero-order valence-electron chi connectivity index (χ0n) is 6.10. The van der Waals surface area contributed by atoms with Crippen LogP contribution in [-0.2, 0) is 0 Å². The first-order valence-corrected chi connectivity index (χ1v) is 3.18. The third-order valence-corrected chi connectivity index (χ3v) is 1.26. The van der Waals surface area contributed by atoms with Gasteiger partial charge in [0.2, 0.25) is 0 Å². The summed E-state index contributed by atoms with van der Waals surface area (Å²) >= 11 is 0. The molecule has 0 spiro atoms. The number of allylic oxidation sites excluding steroid dienone is 2. The van der Waals surface area contributed by atoms with Crippen LogP contribution < -0.4 is 5.32 Å². The number of hydrogen-bond acceptors (Lipinski definition) is 2. The standard InChI is InChI=1S/C7H12N2/c1-5-4-6(2)9-7(3)8-5/h4,7-8H,1-3H3. The lowest BCUT2D eigenvalue weighted by Gasteiger charge is -2.16. The molecule has 1 unspecified atom stereocenters. The molecule has 1 N–H and O–H groups in total. The topological polar surface area (TPSA) is 24.4 Å². The van der Waals surface area contributed by atoms with E-state index in [0.29, 0.717) is 0 Å². The largest absolute Gasteiger partial charge is 0.368 e. The van der Waals surface area contributed by atoms with Crippen LogP contribution in [0.1, 0.15) is 20.8 Å². The van der Waals surface area contributed by atoms with E-state index in [9.17, 15) is 0 Å². The van der Waals surface area contributed by atoms with Crippen LogP contribution in [0, 0.1) is 0 Å². The van der Waals surface area contributed by atoms with E-state index < -0.39 is 0 Å². The van der Waals surface area contributed by atoms with Gasteiger partial charge in [-0.05, 0) is 26.8 Å². The second-order valence-electron chi connectivity index (χ2n) is 2.42. The van der Waals surface area contributed by atoms with Gasteiger partial charge in [0.25, 0.3) is 0 Å². The van der Waals surface area contributed by atoms with Crippen molar-refractivity contribution in [2.75, 3.05) is 0 Å². The molecule has 1 aliphatic rings. The Morgan fingerprint density at radius 3 is 2.67 bits per heavy atom. The Morgan fingerprint density at radius 2 is 2.22 bits per heavy atom. The molecular formula is C7H12N2. The summed E-state index contributed by atoms with van der Waals surface area (Å²) in [5, 5.41) is 3.18. The Bertz CT molecular complexity index is 168. The molecule has 0 aliphatic carbocycles. The van der Waals surface area contributed by atoms with Crippen LogP contribution in [0.3, 0.4) is 0 Å². The highest BCUT2D eigenvalue weighted by molar-refractivity contribution is 5.93. The molecule has 0 amide bonds. The zero-order chi connectivity index (χ0) is 6.85. The molecule has 50 valence electrons. The summed E-state index contributed by atoms with van der Waals surface area (Å²) in [7, 11) is 0. The molecular weight excluding hydrogens is 112 g/mol. The molecule has 1 atom stereocenters. The first-order chi connectivity index (χ1) is 4.18. The third-order valence-electron chi connectivity index (χ3n) is 1.26. The van der Waals surface area contributed by atoms with Crippen LogP contribution in [0.2, 0.25) is 0 Å². The second kappa shape index (κ2) is 2.21. The van der Waals surface area contributed by atoms with Gasteiger partial charge in [0.05, 0.1) is 0 Å². The van der Waals surface area contributed by atoms with Crippen LogP contribution in [-0.4, -0.2) is 11.9 Å². The normalized spacial score (nSPS) is 26.3. The van der Waals surface area contributed by atoms with Gasteiger partial charge < -0.3 is 5.32 Å². The van der Waals surface area contributed by atoms with Crippen LogP contribution in [0.5, 0.6) is 0 Å². The van der Waals surface area contributed by atoms with Crippen molar-refractivity contribution in [1.82, 2.24) is 5.32 Å². The smallest absolute Gasteiger partial charge is 0.115 e. The minimum Gasteiger partial charge on any atom is -0.368 e. The van der Waals surface area contributed by atoms with E-state index in [4.69, 9.17) is 0 Å². The highest BCUT2D eigenvalue weighted by Crippen LogP contribution is 2.00. The highest BCUT2D eigenvalue weighted by atomic mass is 15.1. The first-order valence-electron chi connectivity index (χ1n) is 3.18. The molecule has 0 saturated carbocycles. The number of aliphatic imine (C=N–C) groups is 1. The number of nitrogens with zero attached hydrogens (tertiary/aromatic N) is 1. The lowest BCUT2D eigenvalue weighted by Crippen LogP contribution is -2.26. The van der Waals surface area contributed by atoms with Gasteiger partial charge in [-0.3, -0.25) is 4.99 Å². The third kappa shape index (κ3) is 1.56. The first kappa shape index (κ1) is 6.33. The Morgan fingerprint density at radius 1 is 1.56 bits per heavy atom. The number of hydrogen-bond donors (Lipinski definition) is 1. The van der Waals surface area contributed by atoms with Crippen molar-refractivity contribution in [2.45, 2.75) is 26.9 Å². The van der Waals surface area contributed by atoms with Crippen molar-refractivity contribution in [3.63, 3.8) is 0 Å². The molecule has 2 heteroatoms. The van der Waals surface area contributed by atoms with E-state index in [1.807, 2.05) is 19.9 Å². The average molecular weight is 124 g/mol. The minimum atomic E-state index is 0.259. The fraction of sp³-hybridized carbons (Fsp3) is 0.571. The predicted molar refractivity (Wildman–Crippen MR) is 39.5 cm³/mol. The summed E-state index contributed by atoms with van der Waals surface area (Å²) in [5.41, 5.74) is 2.31. The molecule has 0 bridgehead atoms. The van der Waals surface area contributed by atoms with Crippen molar-refractivity contribution in [2.24, 2.45) is 4.99 Å². The molecule has 1 rings (SSSR count). The highest BCUT2D eigenvalue weighted by Gasteiger charge is 2.03. The van der Waals surface area contributed by atoms with Crippen LogP contribution in [0.15, 0.2) is 16.8 Å². The molecule has 1 heterocycles. The van der Waals surface area contributed by atoms with Gasteiger partial charge in [-0.15, -0.1) is 0 Å². The Kier molecular flexibility index (Phi) is 1.56. The molecule has 0 radical (unpaired) electrons. The van der Waals surface area contributed by atoms with E-state index >= 15 is 0 Å². The summed E-state index contributed by atoms with van der Waals surface area (Å²) in [5.74, 6) is 0. The van der Waals surface area contributed by atoms with E-state index in [0.717, 1.165) is 5.71 Å². The Balaban J connectivity index is 2.74. The summed E-state index contributed by atoms with van der Waals surface area (Å²) in [6.07, 6.45) is 2.30. The van der Waals surface area contributed by atoms with Gasteiger partial charge in [-0.25, -0.2) is 0 Å². The Hall–Kier alpha value is -0.790. The molecule has 2 nitrogen and oxygen atoms in total. The van der Waals surface area contributed by atoms with Gasteiger partial charge >= 0.3 is 0 Å². The molecule has 1 aliphatic heterocycles. The molecule has 9 heavy (non-hydrogen) atoms. The maximum Gasteiger partial charge on any atom is 0.115 e. The van der Waals surface area contributed by atoms with Crippen molar-refractivity contribution < 1.29 is 0 Å². The average Bonchev–Trinajstić information content (AvgIpc) is 1.59. The molecule has 0 saturated heterocycles. The van der Waals surface area contributed by atoms with Gasteiger partial charge in [-0.2, -0.15) is 0 Å². The van der Waals surface area contributed by atoms with E-state index in [2.05, 4.69) is 17.2 Å². The van der Waals surface area contributed by atoms with Gasteiger partial charge in [0, 0.05) is 11.4 Å². The van der Waals surface area contributed by atoms with Crippen molar-refractivity contribution >= 4 is 5.71 Å². The van der Waals surface area contributed by atoms with Crippen molar-refractivity contribution in [3.8, 4) is 0 Å². The van der Waals surface area contributed by atoms with Gasteiger partial charge in [0.1, 0.15) is 6.17 Å². The molecule has 0 aromatic heterocycles. The molecule has 0 aromatic rings. The maximum absolute atomic E-state index is 4.26. The Labute approximate surface area is 55.7 Å². The fourth-order valence-corrected chi connectivity index (χ4v) is 1.06. The second-order valence-corrected chi connectivity index (χ2v) is 2.42. The van der Waals surface area contributed by atoms with E-state index in [1.54, 1.807) is 0 Å². The van der Waals surface area contributed by atoms with Crippen LogP contribution in [0.4, 0.5) is 0 Å². The zero-order valence-corrected chi connectivity index (χ0v) is 6.10. The van der Waals surface area contributed by atoms with Crippen LogP contribution >= 0.6 is 0 Å². The summed E-state index contributed by atoms with van der Waals surface area (Å²) < 4.78 is 0. The molecule has 0 aromatic carbocycles. The monoisotopic (exact) mass is 124 g/mol. The minimum absolute atomic E-state index is 0.259. The lowest BCUT2D eigenvalue weighted by atomic mass is 10.3. The summed E-state index contributed by atoms with van der Waals surface area (Å²) in [4.78, 5) is 4.26. The number of nitrogens with one attached hydrogen (secondary N) is 1. The lowest BCUT2D eigenvalue weighted by molar-refractivity contribution is 0.635. The number of rotatable bonds is 0. The van der Waals surface area contributed by atoms with Crippen molar-refractivity contribution in [3.05, 3.63) is 11.8 Å². The van der Waals surface area contributed by atoms with Crippen LogP contribution in [0.25, 0.3) is 0 Å². The van der Waals surface area contributed by atoms with E-state index in [1.165, 1.54) is 5.70 Å². The van der Waals surface area contributed by atoms with Crippen molar-refractivity contribution in [1.29, 1.82) is 0 Å². The molecule has 0 fully saturated rings. The SMILES string of the molecule is CC1=CC(C)=NC(C)N1.